The lowest BCUT2D eigenvalue weighted by Gasteiger charge is -2.18. The molecule has 1 aliphatic rings. The Balaban J connectivity index is 1.74. The molecule has 8 nitrogen and oxygen atoms in total. The Morgan fingerprint density at radius 2 is 2.19 bits per heavy atom. The number of aromatic nitrogens is 2. The zero-order valence-corrected chi connectivity index (χ0v) is 15.3. The number of guanidine groups is 1. The molecule has 0 bridgehead atoms. The molecule has 1 aromatic rings. The molecule has 1 unspecified atom stereocenters. The standard InChI is InChI=1S/C16H24F3N7O/c1-3-13(27)26-9-5-11(10-26)24-14(20-2)22-7-8-23-15-21-6-4-12(25-15)16(17,18)19/h4,6,11H,3,5,7-10H2,1-2H3,(H2,20,22,24)(H,21,23,25). The summed E-state index contributed by atoms with van der Waals surface area (Å²) in [6, 6.07) is 0.940. The van der Waals surface area contributed by atoms with Gasteiger partial charge in [0.15, 0.2) is 5.96 Å². The van der Waals surface area contributed by atoms with Crippen LogP contribution in [0.15, 0.2) is 17.3 Å². The number of nitrogens with zero attached hydrogens (tertiary/aromatic N) is 4. The van der Waals surface area contributed by atoms with Crippen molar-refractivity contribution in [1.82, 2.24) is 25.5 Å². The number of hydrogen-bond acceptors (Lipinski definition) is 5. The maximum absolute atomic E-state index is 12.6. The van der Waals surface area contributed by atoms with Gasteiger partial charge in [-0.25, -0.2) is 9.97 Å². The molecule has 0 spiro atoms. The van der Waals surface area contributed by atoms with E-state index in [9.17, 15) is 18.0 Å². The summed E-state index contributed by atoms with van der Waals surface area (Å²) in [6.45, 7) is 3.90. The molecular weight excluding hydrogens is 363 g/mol. The van der Waals surface area contributed by atoms with Gasteiger partial charge >= 0.3 is 6.18 Å². The molecular formula is C16H24F3N7O. The average Bonchev–Trinajstić information content (AvgIpc) is 3.11. The third kappa shape index (κ3) is 6.26. The molecule has 0 radical (unpaired) electrons. The van der Waals surface area contributed by atoms with Crippen LogP contribution in [-0.2, 0) is 11.0 Å². The molecule has 0 aliphatic carbocycles. The van der Waals surface area contributed by atoms with Gasteiger partial charge in [0.25, 0.3) is 0 Å². The van der Waals surface area contributed by atoms with Crippen LogP contribution in [0.4, 0.5) is 19.1 Å². The summed E-state index contributed by atoms with van der Waals surface area (Å²) in [5.41, 5.74) is -0.988. The zero-order chi connectivity index (χ0) is 19.9. The van der Waals surface area contributed by atoms with Gasteiger partial charge in [-0.15, -0.1) is 0 Å². The van der Waals surface area contributed by atoms with Gasteiger partial charge < -0.3 is 20.9 Å². The average molecular weight is 387 g/mol. The summed E-state index contributed by atoms with van der Waals surface area (Å²) in [6.07, 6.45) is -2.11. The van der Waals surface area contributed by atoms with E-state index in [0.29, 0.717) is 32.0 Å². The highest BCUT2D eigenvalue weighted by atomic mass is 19.4. The number of amides is 1. The van der Waals surface area contributed by atoms with Crippen LogP contribution in [0.3, 0.4) is 0 Å². The summed E-state index contributed by atoms with van der Waals surface area (Å²) in [5.74, 6) is 0.615. The molecule has 1 amide bonds. The highest BCUT2D eigenvalue weighted by Crippen LogP contribution is 2.27. The van der Waals surface area contributed by atoms with Gasteiger partial charge in [-0.1, -0.05) is 6.92 Å². The molecule has 1 fully saturated rings. The predicted octanol–water partition coefficient (Wildman–Crippen LogP) is 1.08. The first-order chi connectivity index (χ1) is 12.8. The fourth-order valence-corrected chi connectivity index (χ4v) is 2.67. The highest BCUT2D eigenvalue weighted by molar-refractivity contribution is 5.80. The lowest BCUT2D eigenvalue weighted by atomic mass is 10.3. The predicted molar refractivity (Wildman–Crippen MR) is 95.3 cm³/mol. The van der Waals surface area contributed by atoms with Crippen molar-refractivity contribution in [2.24, 2.45) is 4.99 Å². The van der Waals surface area contributed by atoms with Crippen LogP contribution in [0.1, 0.15) is 25.5 Å². The van der Waals surface area contributed by atoms with Crippen LogP contribution >= 0.6 is 0 Å². The van der Waals surface area contributed by atoms with Crippen molar-refractivity contribution in [2.45, 2.75) is 32.0 Å². The van der Waals surface area contributed by atoms with Crippen LogP contribution in [0.5, 0.6) is 0 Å². The van der Waals surface area contributed by atoms with E-state index in [1.54, 1.807) is 7.05 Å². The van der Waals surface area contributed by atoms with E-state index in [1.165, 1.54) is 0 Å². The Hall–Kier alpha value is -2.59. The highest BCUT2D eigenvalue weighted by Gasteiger charge is 2.32. The zero-order valence-electron chi connectivity index (χ0n) is 15.3. The van der Waals surface area contributed by atoms with E-state index in [4.69, 9.17) is 0 Å². The molecule has 1 saturated heterocycles. The topological polar surface area (TPSA) is 94.5 Å². The van der Waals surface area contributed by atoms with E-state index in [1.807, 2.05) is 11.8 Å². The quantitative estimate of drug-likeness (QED) is 0.384. The van der Waals surface area contributed by atoms with Gasteiger partial charge in [0.1, 0.15) is 5.69 Å². The molecule has 11 heteroatoms. The summed E-state index contributed by atoms with van der Waals surface area (Å²) >= 11 is 0. The molecule has 2 heterocycles. The largest absolute Gasteiger partial charge is 0.433 e. The molecule has 0 saturated carbocycles. The first kappa shape index (κ1) is 20.7. The molecule has 1 aliphatic heterocycles. The van der Waals surface area contributed by atoms with Crippen molar-refractivity contribution in [1.29, 1.82) is 0 Å². The van der Waals surface area contributed by atoms with Crippen LogP contribution in [0.2, 0.25) is 0 Å². The number of rotatable bonds is 6. The van der Waals surface area contributed by atoms with Crippen molar-refractivity contribution in [3.8, 4) is 0 Å². The summed E-state index contributed by atoms with van der Waals surface area (Å²) < 4.78 is 37.9. The van der Waals surface area contributed by atoms with Crippen LogP contribution in [-0.4, -0.2) is 66.0 Å². The van der Waals surface area contributed by atoms with E-state index in [2.05, 4.69) is 30.9 Å². The number of aliphatic imine (C=N–C) groups is 1. The van der Waals surface area contributed by atoms with E-state index < -0.39 is 11.9 Å². The Morgan fingerprint density at radius 3 is 2.85 bits per heavy atom. The number of nitrogens with one attached hydrogen (secondary N) is 3. The number of alkyl halides is 3. The molecule has 1 atom stereocenters. The third-order valence-electron chi connectivity index (χ3n) is 4.05. The first-order valence-corrected chi connectivity index (χ1v) is 8.72. The Kier molecular flexibility index (Phi) is 7.19. The van der Waals surface area contributed by atoms with Crippen molar-refractivity contribution >= 4 is 17.8 Å². The summed E-state index contributed by atoms with van der Waals surface area (Å²) in [4.78, 5) is 24.9. The third-order valence-corrected chi connectivity index (χ3v) is 4.05. The van der Waals surface area contributed by atoms with Crippen molar-refractivity contribution in [3.63, 3.8) is 0 Å². The van der Waals surface area contributed by atoms with Gasteiger partial charge in [0, 0.05) is 51.9 Å². The fraction of sp³-hybridized carbons (Fsp3) is 0.625. The number of likely N-dealkylation sites (tertiary alicyclic amines) is 1. The normalized spacial score (nSPS) is 17.7. The maximum Gasteiger partial charge on any atom is 0.433 e. The Bertz CT molecular complexity index is 666. The number of anilines is 1. The molecule has 27 heavy (non-hydrogen) atoms. The molecule has 150 valence electrons. The van der Waals surface area contributed by atoms with Crippen LogP contribution in [0.25, 0.3) is 0 Å². The smallest absolute Gasteiger partial charge is 0.355 e. The van der Waals surface area contributed by atoms with Gasteiger partial charge in [-0.2, -0.15) is 13.2 Å². The van der Waals surface area contributed by atoms with E-state index in [0.717, 1.165) is 25.2 Å². The SMILES string of the molecule is CCC(=O)N1CCC(NC(=NC)NCCNc2nccc(C(F)(F)F)n2)C1. The molecule has 1 aromatic heterocycles. The van der Waals surface area contributed by atoms with E-state index >= 15 is 0 Å². The Morgan fingerprint density at radius 1 is 1.41 bits per heavy atom. The fourth-order valence-electron chi connectivity index (χ4n) is 2.67. The van der Waals surface area contributed by atoms with Gasteiger partial charge in [-0.3, -0.25) is 9.79 Å². The number of carbonyl (C=O) groups excluding carboxylic acids is 1. The Labute approximate surface area is 155 Å². The number of hydrogen-bond donors (Lipinski definition) is 3. The monoisotopic (exact) mass is 387 g/mol. The lowest BCUT2D eigenvalue weighted by Crippen LogP contribution is -2.46. The molecule has 3 N–H and O–H groups in total. The van der Waals surface area contributed by atoms with Gasteiger partial charge in [0.2, 0.25) is 11.9 Å². The van der Waals surface area contributed by atoms with Gasteiger partial charge in [-0.05, 0) is 12.5 Å². The second-order valence-electron chi connectivity index (χ2n) is 6.01. The maximum atomic E-state index is 12.6. The molecule has 0 aromatic carbocycles. The number of halogens is 3. The van der Waals surface area contributed by atoms with Gasteiger partial charge in [0.05, 0.1) is 0 Å². The lowest BCUT2D eigenvalue weighted by molar-refractivity contribution is -0.141. The van der Waals surface area contributed by atoms with E-state index in [-0.39, 0.29) is 17.9 Å². The summed E-state index contributed by atoms with van der Waals surface area (Å²) in [7, 11) is 1.63. The first-order valence-electron chi connectivity index (χ1n) is 8.72. The van der Waals surface area contributed by atoms with Crippen molar-refractivity contribution in [2.75, 3.05) is 38.5 Å². The second kappa shape index (κ2) is 9.38. The second-order valence-corrected chi connectivity index (χ2v) is 6.01. The molecule has 2 rings (SSSR count). The van der Waals surface area contributed by atoms with Crippen molar-refractivity contribution < 1.29 is 18.0 Å². The minimum atomic E-state index is -4.50. The van der Waals surface area contributed by atoms with Crippen molar-refractivity contribution in [3.05, 3.63) is 18.0 Å². The number of carbonyl (C=O) groups is 1. The van der Waals surface area contributed by atoms with Crippen LogP contribution in [0, 0.1) is 0 Å². The minimum Gasteiger partial charge on any atom is -0.355 e. The minimum absolute atomic E-state index is 0.0842. The van der Waals surface area contributed by atoms with Crippen LogP contribution < -0.4 is 16.0 Å². The summed E-state index contributed by atoms with van der Waals surface area (Å²) in [5, 5.41) is 9.04.